The van der Waals surface area contributed by atoms with Crippen LogP contribution in [0.3, 0.4) is 0 Å². The Kier molecular flexibility index (Phi) is 3.43. The third-order valence-corrected chi connectivity index (χ3v) is 1.64. The van der Waals surface area contributed by atoms with Crippen LogP contribution in [0.25, 0.3) is 0 Å². The summed E-state index contributed by atoms with van der Waals surface area (Å²) >= 11 is 0. The lowest BCUT2D eigenvalue weighted by molar-refractivity contribution is 0.917. The normalized spacial score (nSPS) is 9.69. The summed E-state index contributed by atoms with van der Waals surface area (Å²) in [5.41, 5.74) is 0.999. The van der Waals surface area contributed by atoms with Gasteiger partial charge in [0.25, 0.3) is 0 Å². The van der Waals surface area contributed by atoms with Gasteiger partial charge in [0.1, 0.15) is 11.6 Å². The first-order valence-corrected chi connectivity index (χ1v) is 4.45. The molecule has 1 heterocycles. The van der Waals surface area contributed by atoms with E-state index in [2.05, 4.69) is 21.9 Å². The van der Waals surface area contributed by atoms with Crippen LogP contribution in [0.5, 0.6) is 0 Å². The second kappa shape index (κ2) is 4.60. The third-order valence-electron chi connectivity index (χ3n) is 1.64. The highest BCUT2D eigenvalue weighted by Crippen LogP contribution is 2.05. The highest BCUT2D eigenvalue weighted by molar-refractivity contribution is 5.36. The summed E-state index contributed by atoms with van der Waals surface area (Å²) in [5.74, 6) is 1.76. The standard InChI is InChI=1S/C10H15N3/c1-4-6-11-10-7-8(3)12-9(5-2)13-10/h4,7H,1,5-6H2,2-3H3,(H,11,12,13). The number of hydrogen-bond donors (Lipinski definition) is 1. The molecule has 0 bridgehead atoms. The summed E-state index contributed by atoms with van der Waals surface area (Å²) in [4.78, 5) is 8.60. The fourth-order valence-corrected chi connectivity index (χ4v) is 1.06. The van der Waals surface area contributed by atoms with Crippen molar-refractivity contribution in [2.75, 3.05) is 11.9 Å². The van der Waals surface area contributed by atoms with Crippen LogP contribution < -0.4 is 5.32 Å². The quantitative estimate of drug-likeness (QED) is 0.714. The maximum atomic E-state index is 4.32. The molecule has 0 aromatic carbocycles. The van der Waals surface area contributed by atoms with E-state index in [1.165, 1.54) is 0 Å². The number of nitrogens with one attached hydrogen (secondary N) is 1. The number of rotatable bonds is 4. The number of aromatic nitrogens is 2. The molecule has 0 radical (unpaired) electrons. The van der Waals surface area contributed by atoms with Crippen LogP contribution in [0.15, 0.2) is 18.7 Å². The molecule has 1 aromatic heterocycles. The van der Waals surface area contributed by atoms with Crippen LogP contribution in [0.2, 0.25) is 0 Å². The van der Waals surface area contributed by atoms with Crippen molar-refractivity contribution < 1.29 is 0 Å². The van der Waals surface area contributed by atoms with Gasteiger partial charge in [-0.3, -0.25) is 0 Å². The molecular weight excluding hydrogens is 162 g/mol. The second-order valence-corrected chi connectivity index (χ2v) is 2.83. The molecule has 0 atom stereocenters. The Morgan fingerprint density at radius 1 is 1.54 bits per heavy atom. The van der Waals surface area contributed by atoms with Gasteiger partial charge in [-0.2, -0.15) is 0 Å². The van der Waals surface area contributed by atoms with Crippen molar-refractivity contribution >= 4 is 5.82 Å². The van der Waals surface area contributed by atoms with Crippen LogP contribution >= 0.6 is 0 Å². The van der Waals surface area contributed by atoms with Gasteiger partial charge in [-0.15, -0.1) is 6.58 Å². The smallest absolute Gasteiger partial charge is 0.130 e. The minimum atomic E-state index is 0.736. The van der Waals surface area contributed by atoms with E-state index in [-0.39, 0.29) is 0 Å². The summed E-state index contributed by atoms with van der Waals surface area (Å²) in [6.07, 6.45) is 2.67. The van der Waals surface area contributed by atoms with Crippen molar-refractivity contribution in [1.82, 2.24) is 9.97 Å². The minimum Gasteiger partial charge on any atom is -0.366 e. The van der Waals surface area contributed by atoms with Gasteiger partial charge in [-0.25, -0.2) is 9.97 Å². The lowest BCUT2D eigenvalue weighted by Gasteiger charge is -2.05. The number of anilines is 1. The van der Waals surface area contributed by atoms with Crippen LogP contribution in [0.1, 0.15) is 18.4 Å². The van der Waals surface area contributed by atoms with Crippen molar-refractivity contribution in [3.63, 3.8) is 0 Å². The monoisotopic (exact) mass is 177 g/mol. The maximum Gasteiger partial charge on any atom is 0.130 e. The topological polar surface area (TPSA) is 37.8 Å². The SMILES string of the molecule is C=CCNc1cc(C)nc(CC)n1. The van der Waals surface area contributed by atoms with Crippen molar-refractivity contribution in [2.24, 2.45) is 0 Å². The molecule has 0 spiro atoms. The summed E-state index contributed by atoms with van der Waals surface area (Å²) in [6, 6.07) is 1.93. The van der Waals surface area contributed by atoms with E-state index >= 15 is 0 Å². The van der Waals surface area contributed by atoms with Gasteiger partial charge in [-0.05, 0) is 6.92 Å². The summed E-state index contributed by atoms with van der Waals surface area (Å²) in [5, 5.41) is 3.14. The molecule has 3 heteroatoms. The molecule has 1 rings (SSSR count). The average Bonchev–Trinajstić information content (AvgIpc) is 2.14. The molecule has 0 aliphatic rings. The first-order valence-electron chi connectivity index (χ1n) is 4.45. The van der Waals surface area contributed by atoms with Crippen LogP contribution in [0.4, 0.5) is 5.82 Å². The van der Waals surface area contributed by atoms with E-state index in [0.29, 0.717) is 0 Å². The Bertz CT molecular complexity index is 294. The van der Waals surface area contributed by atoms with Gasteiger partial charge in [0, 0.05) is 24.7 Å². The molecule has 0 aliphatic carbocycles. The van der Waals surface area contributed by atoms with Gasteiger partial charge in [-0.1, -0.05) is 13.0 Å². The molecule has 0 aliphatic heterocycles. The van der Waals surface area contributed by atoms with Crippen LogP contribution in [-0.2, 0) is 6.42 Å². The van der Waals surface area contributed by atoms with Crippen molar-refractivity contribution in [1.29, 1.82) is 0 Å². The van der Waals surface area contributed by atoms with Crippen molar-refractivity contribution in [2.45, 2.75) is 20.3 Å². The van der Waals surface area contributed by atoms with E-state index in [4.69, 9.17) is 0 Å². The third kappa shape index (κ3) is 2.86. The van der Waals surface area contributed by atoms with Gasteiger partial charge in [0.05, 0.1) is 0 Å². The highest BCUT2D eigenvalue weighted by Gasteiger charge is 1.98. The number of aryl methyl sites for hydroxylation is 2. The predicted octanol–water partition coefficient (Wildman–Crippen LogP) is 1.95. The van der Waals surface area contributed by atoms with Crippen molar-refractivity contribution in [3.8, 4) is 0 Å². The van der Waals surface area contributed by atoms with Crippen LogP contribution in [0, 0.1) is 6.92 Å². The Hall–Kier alpha value is -1.38. The predicted molar refractivity (Wildman–Crippen MR) is 54.8 cm³/mol. The Morgan fingerprint density at radius 2 is 2.31 bits per heavy atom. The Labute approximate surface area is 78.9 Å². The molecular formula is C10H15N3. The Morgan fingerprint density at radius 3 is 2.92 bits per heavy atom. The maximum absolute atomic E-state index is 4.32. The lowest BCUT2D eigenvalue weighted by atomic mass is 10.3. The summed E-state index contributed by atoms with van der Waals surface area (Å²) in [7, 11) is 0. The van der Waals surface area contributed by atoms with E-state index < -0.39 is 0 Å². The van der Waals surface area contributed by atoms with Gasteiger partial charge < -0.3 is 5.32 Å². The first-order chi connectivity index (χ1) is 6.26. The lowest BCUT2D eigenvalue weighted by Crippen LogP contribution is -2.04. The molecule has 0 fully saturated rings. The molecule has 3 nitrogen and oxygen atoms in total. The number of hydrogen-bond acceptors (Lipinski definition) is 3. The minimum absolute atomic E-state index is 0.736. The number of nitrogens with zero attached hydrogens (tertiary/aromatic N) is 2. The zero-order valence-electron chi connectivity index (χ0n) is 8.17. The fraction of sp³-hybridized carbons (Fsp3) is 0.400. The van der Waals surface area contributed by atoms with E-state index in [1.54, 1.807) is 0 Å². The zero-order valence-corrected chi connectivity index (χ0v) is 8.17. The molecule has 1 aromatic rings. The Balaban J connectivity index is 2.81. The van der Waals surface area contributed by atoms with Crippen LogP contribution in [-0.4, -0.2) is 16.5 Å². The fourth-order valence-electron chi connectivity index (χ4n) is 1.06. The average molecular weight is 177 g/mol. The van der Waals surface area contributed by atoms with Gasteiger partial charge >= 0.3 is 0 Å². The van der Waals surface area contributed by atoms with Gasteiger partial charge in [0.2, 0.25) is 0 Å². The molecule has 1 N–H and O–H groups in total. The van der Waals surface area contributed by atoms with E-state index in [0.717, 1.165) is 30.3 Å². The largest absolute Gasteiger partial charge is 0.366 e. The molecule has 0 saturated heterocycles. The molecule has 70 valence electrons. The molecule has 0 amide bonds. The zero-order chi connectivity index (χ0) is 9.68. The van der Waals surface area contributed by atoms with E-state index in [9.17, 15) is 0 Å². The second-order valence-electron chi connectivity index (χ2n) is 2.83. The summed E-state index contributed by atoms with van der Waals surface area (Å²) < 4.78 is 0. The van der Waals surface area contributed by atoms with Gasteiger partial charge in [0.15, 0.2) is 0 Å². The first kappa shape index (κ1) is 9.71. The highest BCUT2D eigenvalue weighted by atomic mass is 15.0. The molecule has 0 unspecified atom stereocenters. The summed E-state index contributed by atoms with van der Waals surface area (Å²) in [6.45, 7) is 8.39. The molecule has 13 heavy (non-hydrogen) atoms. The van der Waals surface area contributed by atoms with Crippen molar-refractivity contribution in [3.05, 3.63) is 30.2 Å². The van der Waals surface area contributed by atoms with E-state index in [1.807, 2.05) is 26.0 Å². The molecule has 0 saturated carbocycles.